The Kier molecular flexibility index (Phi) is 4.27. The second-order valence-corrected chi connectivity index (χ2v) is 6.23. The SMILES string of the molecule is N#Cc1c(Cl)nsc1N[C@@H]1CC(=O)N(Cc2ccccc2)C1. The van der Waals surface area contributed by atoms with Crippen molar-refractivity contribution in [1.29, 1.82) is 5.26 Å². The smallest absolute Gasteiger partial charge is 0.225 e. The summed E-state index contributed by atoms with van der Waals surface area (Å²) in [5.41, 5.74) is 1.45. The van der Waals surface area contributed by atoms with Crippen LogP contribution in [-0.4, -0.2) is 27.8 Å². The van der Waals surface area contributed by atoms with Gasteiger partial charge >= 0.3 is 0 Å². The van der Waals surface area contributed by atoms with E-state index >= 15 is 0 Å². The first-order valence-electron chi connectivity index (χ1n) is 6.81. The summed E-state index contributed by atoms with van der Waals surface area (Å²) in [6, 6.07) is 11.9. The number of nitrogens with zero attached hydrogens (tertiary/aromatic N) is 3. The molecule has 1 aromatic heterocycles. The highest BCUT2D eigenvalue weighted by atomic mass is 35.5. The molecule has 0 bridgehead atoms. The van der Waals surface area contributed by atoms with Crippen LogP contribution >= 0.6 is 23.1 Å². The Bertz CT molecular complexity index is 725. The second-order valence-electron chi connectivity index (χ2n) is 5.09. The lowest BCUT2D eigenvalue weighted by Crippen LogP contribution is -2.27. The summed E-state index contributed by atoms with van der Waals surface area (Å²) in [6.45, 7) is 1.21. The van der Waals surface area contributed by atoms with E-state index in [9.17, 15) is 4.79 Å². The largest absolute Gasteiger partial charge is 0.369 e. The molecule has 0 radical (unpaired) electrons. The molecule has 1 aromatic carbocycles. The van der Waals surface area contributed by atoms with Crippen molar-refractivity contribution in [2.24, 2.45) is 0 Å². The molecule has 1 aliphatic heterocycles. The quantitative estimate of drug-likeness (QED) is 0.934. The van der Waals surface area contributed by atoms with Gasteiger partial charge in [-0.1, -0.05) is 41.9 Å². The number of hydrogen-bond acceptors (Lipinski definition) is 5. The van der Waals surface area contributed by atoms with E-state index in [0.29, 0.717) is 30.1 Å². The summed E-state index contributed by atoms with van der Waals surface area (Å²) in [7, 11) is 0. The lowest BCUT2D eigenvalue weighted by atomic mass is 10.2. The van der Waals surface area contributed by atoms with Gasteiger partial charge < -0.3 is 10.2 Å². The van der Waals surface area contributed by atoms with Gasteiger partial charge in [-0.3, -0.25) is 4.79 Å². The van der Waals surface area contributed by atoms with E-state index in [0.717, 1.165) is 17.1 Å². The summed E-state index contributed by atoms with van der Waals surface area (Å²) < 4.78 is 3.96. The van der Waals surface area contributed by atoms with Crippen LogP contribution in [0.4, 0.5) is 5.00 Å². The van der Waals surface area contributed by atoms with Crippen LogP contribution in [-0.2, 0) is 11.3 Å². The van der Waals surface area contributed by atoms with Gasteiger partial charge in [-0.2, -0.15) is 9.64 Å². The summed E-state index contributed by atoms with van der Waals surface area (Å²) in [6.07, 6.45) is 0.410. The average Bonchev–Trinajstić information content (AvgIpc) is 3.03. The zero-order chi connectivity index (χ0) is 15.5. The molecular weight excluding hydrogens is 320 g/mol. The third kappa shape index (κ3) is 3.06. The van der Waals surface area contributed by atoms with Crippen molar-refractivity contribution in [3.8, 4) is 6.07 Å². The van der Waals surface area contributed by atoms with Crippen LogP contribution in [0.15, 0.2) is 30.3 Å². The van der Waals surface area contributed by atoms with Crippen molar-refractivity contribution >= 4 is 34.0 Å². The van der Waals surface area contributed by atoms with Gasteiger partial charge in [-0.25, -0.2) is 0 Å². The van der Waals surface area contributed by atoms with Crippen LogP contribution in [0.1, 0.15) is 17.5 Å². The average molecular weight is 333 g/mol. The van der Waals surface area contributed by atoms with Crippen LogP contribution in [0.3, 0.4) is 0 Å². The summed E-state index contributed by atoms with van der Waals surface area (Å²) in [5, 5.41) is 13.1. The van der Waals surface area contributed by atoms with Gasteiger partial charge in [0, 0.05) is 19.5 Å². The number of anilines is 1. The fourth-order valence-corrected chi connectivity index (χ4v) is 3.49. The first-order valence-corrected chi connectivity index (χ1v) is 7.96. The monoisotopic (exact) mass is 332 g/mol. The molecule has 1 atom stereocenters. The molecule has 2 aromatic rings. The molecule has 0 unspecified atom stereocenters. The molecule has 1 fully saturated rings. The highest BCUT2D eigenvalue weighted by Crippen LogP contribution is 2.29. The molecule has 2 heterocycles. The van der Waals surface area contributed by atoms with E-state index in [2.05, 4.69) is 9.69 Å². The van der Waals surface area contributed by atoms with Crippen LogP contribution in [0, 0.1) is 11.3 Å². The van der Waals surface area contributed by atoms with Crippen LogP contribution in [0.5, 0.6) is 0 Å². The van der Waals surface area contributed by atoms with Crippen molar-refractivity contribution in [1.82, 2.24) is 9.27 Å². The topological polar surface area (TPSA) is 69.0 Å². The van der Waals surface area contributed by atoms with E-state index in [1.165, 1.54) is 0 Å². The lowest BCUT2D eigenvalue weighted by Gasteiger charge is -2.17. The Labute approximate surface area is 137 Å². The van der Waals surface area contributed by atoms with Crippen molar-refractivity contribution in [2.45, 2.75) is 19.0 Å². The van der Waals surface area contributed by atoms with Crippen LogP contribution < -0.4 is 5.32 Å². The first kappa shape index (κ1) is 14.8. The zero-order valence-electron chi connectivity index (χ0n) is 11.6. The van der Waals surface area contributed by atoms with Crippen LogP contribution in [0.25, 0.3) is 0 Å². The minimum Gasteiger partial charge on any atom is -0.369 e. The maximum absolute atomic E-state index is 12.1. The van der Waals surface area contributed by atoms with Gasteiger partial charge in [0.05, 0.1) is 6.04 Å². The van der Waals surface area contributed by atoms with Gasteiger partial charge in [0.2, 0.25) is 5.91 Å². The van der Waals surface area contributed by atoms with E-state index in [-0.39, 0.29) is 17.1 Å². The number of benzene rings is 1. The zero-order valence-corrected chi connectivity index (χ0v) is 13.2. The molecule has 0 aliphatic carbocycles. The number of nitriles is 1. The molecule has 1 N–H and O–H groups in total. The first-order chi connectivity index (χ1) is 10.7. The molecule has 1 amide bonds. The minimum atomic E-state index is -0.0279. The highest BCUT2D eigenvalue weighted by Gasteiger charge is 2.30. The van der Waals surface area contributed by atoms with E-state index in [1.54, 1.807) is 0 Å². The molecular formula is C15H13ClN4OS. The summed E-state index contributed by atoms with van der Waals surface area (Å²) >= 11 is 7.00. The van der Waals surface area contributed by atoms with Gasteiger partial charge in [-0.15, -0.1) is 0 Å². The fourth-order valence-electron chi connectivity index (χ4n) is 2.48. The fraction of sp³-hybridized carbons (Fsp3) is 0.267. The summed E-state index contributed by atoms with van der Waals surface area (Å²) in [5.74, 6) is 0.107. The predicted molar refractivity (Wildman–Crippen MR) is 85.7 cm³/mol. The molecule has 7 heteroatoms. The minimum absolute atomic E-state index is 0.0279. The molecule has 22 heavy (non-hydrogen) atoms. The molecule has 0 saturated carbocycles. The Morgan fingerprint density at radius 2 is 2.23 bits per heavy atom. The number of carbonyl (C=O) groups is 1. The normalized spacial score (nSPS) is 17.5. The van der Waals surface area contributed by atoms with Crippen molar-refractivity contribution < 1.29 is 4.79 Å². The maximum atomic E-state index is 12.1. The molecule has 3 rings (SSSR count). The highest BCUT2D eigenvalue weighted by molar-refractivity contribution is 7.10. The number of nitrogens with one attached hydrogen (secondary N) is 1. The summed E-state index contributed by atoms with van der Waals surface area (Å²) in [4.78, 5) is 13.9. The predicted octanol–water partition coefficient (Wildman–Crippen LogP) is 2.88. The van der Waals surface area contributed by atoms with Gasteiger partial charge in [0.25, 0.3) is 0 Å². The molecule has 112 valence electrons. The van der Waals surface area contributed by atoms with Crippen molar-refractivity contribution in [2.75, 3.05) is 11.9 Å². The maximum Gasteiger partial charge on any atom is 0.225 e. The molecule has 1 aliphatic rings. The third-order valence-electron chi connectivity index (χ3n) is 3.53. The Hall–Kier alpha value is -2.10. The van der Waals surface area contributed by atoms with E-state index in [4.69, 9.17) is 16.9 Å². The number of halogens is 1. The lowest BCUT2D eigenvalue weighted by molar-refractivity contribution is -0.128. The van der Waals surface area contributed by atoms with Gasteiger partial charge in [-0.05, 0) is 17.1 Å². The molecule has 0 spiro atoms. The third-order valence-corrected chi connectivity index (χ3v) is 4.68. The van der Waals surface area contributed by atoms with E-state index in [1.807, 2.05) is 41.3 Å². The van der Waals surface area contributed by atoms with Gasteiger partial charge in [0.15, 0.2) is 5.15 Å². The Morgan fingerprint density at radius 3 is 2.95 bits per heavy atom. The van der Waals surface area contributed by atoms with E-state index < -0.39 is 0 Å². The number of hydrogen-bond donors (Lipinski definition) is 1. The Balaban J connectivity index is 1.66. The Morgan fingerprint density at radius 1 is 1.45 bits per heavy atom. The number of amides is 1. The van der Waals surface area contributed by atoms with Crippen molar-refractivity contribution in [3.63, 3.8) is 0 Å². The number of rotatable bonds is 4. The van der Waals surface area contributed by atoms with Crippen molar-refractivity contribution in [3.05, 3.63) is 46.6 Å². The van der Waals surface area contributed by atoms with Gasteiger partial charge in [0.1, 0.15) is 16.6 Å². The number of carbonyl (C=O) groups excluding carboxylic acids is 1. The number of likely N-dealkylation sites (tertiary alicyclic amines) is 1. The molecule has 5 nitrogen and oxygen atoms in total. The standard InChI is InChI=1S/C15H13ClN4OS/c16-14-12(7-17)15(22-19-14)18-11-6-13(21)20(9-11)8-10-4-2-1-3-5-10/h1-5,11,18H,6,8-9H2/t11-/m1/s1. The molecule has 1 saturated heterocycles. The second kappa shape index (κ2) is 6.34. The number of aromatic nitrogens is 1. The van der Waals surface area contributed by atoms with Crippen LogP contribution in [0.2, 0.25) is 5.15 Å².